The number of anilines is 1. The van der Waals surface area contributed by atoms with Crippen LogP contribution in [0.1, 0.15) is 77.1 Å². The van der Waals surface area contributed by atoms with Gasteiger partial charge in [-0.3, -0.25) is 9.59 Å². The summed E-state index contributed by atoms with van der Waals surface area (Å²) in [6.45, 7) is 6.27. The van der Waals surface area contributed by atoms with Crippen LogP contribution in [-0.2, 0) is 29.7 Å². The monoisotopic (exact) mass is 639 g/mol. The van der Waals surface area contributed by atoms with Crippen molar-refractivity contribution < 1.29 is 18.5 Å². The van der Waals surface area contributed by atoms with Crippen LogP contribution in [0.2, 0.25) is 0 Å². The van der Waals surface area contributed by atoms with Gasteiger partial charge in [0.05, 0.1) is 23.0 Å². The number of hydrogen-bond donors (Lipinski definition) is 1. The first kappa shape index (κ1) is 31.5. The molecule has 6 rings (SSSR count). The maximum atomic E-state index is 14.5. The number of rotatable bonds is 11. The molecular formula is C36H41N5O4S. The Morgan fingerprint density at radius 1 is 0.978 bits per heavy atom. The summed E-state index contributed by atoms with van der Waals surface area (Å²) in [6, 6.07) is 24.6. The molecule has 2 amide bonds. The fourth-order valence-electron chi connectivity index (χ4n) is 6.08. The SMILES string of the molecule is CCCCN(CCCC)C(=O)c1cc2n(n1)-c1ccc(NS(=O)Cc3ccccc3)cc1C(=O)N1Cc3ccccc3C[C@H]1CO2. The Bertz CT molecular complexity index is 1710. The van der Waals surface area contributed by atoms with E-state index >= 15 is 0 Å². The van der Waals surface area contributed by atoms with Crippen LogP contribution in [0.4, 0.5) is 5.69 Å². The minimum absolute atomic E-state index is 0.141. The highest BCUT2D eigenvalue weighted by molar-refractivity contribution is 7.85. The van der Waals surface area contributed by atoms with Gasteiger partial charge in [0.2, 0.25) is 5.88 Å². The molecule has 0 saturated heterocycles. The highest BCUT2D eigenvalue weighted by Gasteiger charge is 2.35. The fraction of sp³-hybridized carbons (Fsp3) is 0.361. The number of hydrogen-bond acceptors (Lipinski definition) is 5. The van der Waals surface area contributed by atoms with Crippen LogP contribution >= 0.6 is 0 Å². The van der Waals surface area contributed by atoms with Crippen molar-refractivity contribution in [3.05, 3.63) is 107 Å². The van der Waals surface area contributed by atoms with Crippen molar-refractivity contribution in [2.45, 2.75) is 64.3 Å². The summed E-state index contributed by atoms with van der Waals surface area (Å²) in [6.07, 6.45) is 4.45. The van der Waals surface area contributed by atoms with Crippen molar-refractivity contribution in [3.63, 3.8) is 0 Å². The van der Waals surface area contributed by atoms with Crippen LogP contribution in [0.5, 0.6) is 5.88 Å². The molecule has 4 aromatic rings. The van der Waals surface area contributed by atoms with Gasteiger partial charge in [-0.15, -0.1) is 0 Å². The lowest BCUT2D eigenvalue weighted by atomic mass is 9.93. The quantitative estimate of drug-likeness (QED) is 0.212. The van der Waals surface area contributed by atoms with Gasteiger partial charge in [-0.25, -0.2) is 4.21 Å². The molecule has 2 aliphatic rings. The predicted molar refractivity (Wildman–Crippen MR) is 180 cm³/mol. The molecule has 240 valence electrons. The average Bonchev–Trinajstić information content (AvgIpc) is 3.51. The van der Waals surface area contributed by atoms with E-state index in [1.807, 2.05) is 52.3 Å². The van der Waals surface area contributed by atoms with Gasteiger partial charge in [-0.2, -0.15) is 9.78 Å². The molecule has 0 radical (unpaired) electrons. The van der Waals surface area contributed by atoms with Gasteiger partial charge in [0, 0.05) is 31.4 Å². The number of nitrogens with zero attached hydrogens (tertiary/aromatic N) is 4. The minimum atomic E-state index is -1.41. The zero-order valence-electron chi connectivity index (χ0n) is 26.5. The first-order chi connectivity index (χ1) is 22.4. The molecule has 9 nitrogen and oxygen atoms in total. The maximum absolute atomic E-state index is 14.5. The Labute approximate surface area is 273 Å². The molecule has 1 aromatic heterocycles. The van der Waals surface area contributed by atoms with E-state index in [1.54, 1.807) is 28.9 Å². The summed E-state index contributed by atoms with van der Waals surface area (Å²) < 4.78 is 24.2. The summed E-state index contributed by atoms with van der Waals surface area (Å²) in [5, 5.41) is 4.76. The van der Waals surface area contributed by atoms with E-state index < -0.39 is 11.0 Å². The van der Waals surface area contributed by atoms with Gasteiger partial charge < -0.3 is 19.3 Å². The lowest BCUT2D eigenvalue weighted by Gasteiger charge is -2.36. The second-order valence-electron chi connectivity index (χ2n) is 12.0. The van der Waals surface area contributed by atoms with Gasteiger partial charge in [-0.1, -0.05) is 81.3 Å². The molecule has 0 spiro atoms. The molecule has 0 aliphatic carbocycles. The van der Waals surface area contributed by atoms with Gasteiger partial charge in [-0.05, 0) is 54.2 Å². The summed E-state index contributed by atoms with van der Waals surface area (Å²) in [5.74, 6) is 0.432. The van der Waals surface area contributed by atoms with E-state index in [4.69, 9.17) is 9.84 Å². The number of carbonyl (C=O) groups excluding carboxylic acids is 2. The molecule has 0 fully saturated rings. The number of amides is 2. The molecular weight excluding hydrogens is 598 g/mol. The first-order valence-corrected chi connectivity index (χ1v) is 17.5. The number of ether oxygens (including phenoxy) is 1. The van der Waals surface area contributed by atoms with E-state index in [0.29, 0.717) is 54.6 Å². The van der Waals surface area contributed by atoms with Crippen LogP contribution < -0.4 is 9.46 Å². The van der Waals surface area contributed by atoms with E-state index in [2.05, 4.69) is 30.7 Å². The van der Waals surface area contributed by atoms with Crippen molar-refractivity contribution in [1.29, 1.82) is 0 Å². The summed E-state index contributed by atoms with van der Waals surface area (Å²) in [7, 11) is -1.41. The molecule has 1 N–H and O–H groups in total. The Hall–Kier alpha value is -4.44. The van der Waals surface area contributed by atoms with Crippen LogP contribution in [0.3, 0.4) is 0 Å². The van der Waals surface area contributed by atoms with Crippen LogP contribution in [0.25, 0.3) is 5.69 Å². The Balaban J connectivity index is 1.38. The third kappa shape index (κ3) is 6.87. The maximum Gasteiger partial charge on any atom is 0.274 e. The van der Waals surface area contributed by atoms with Crippen molar-refractivity contribution in [2.24, 2.45) is 0 Å². The number of benzene rings is 3. The third-order valence-corrected chi connectivity index (χ3v) is 9.67. The lowest BCUT2D eigenvalue weighted by Crippen LogP contribution is -2.47. The Kier molecular flexibility index (Phi) is 9.82. The largest absolute Gasteiger partial charge is 0.475 e. The Morgan fingerprint density at radius 3 is 2.43 bits per heavy atom. The molecule has 0 bridgehead atoms. The van der Waals surface area contributed by atoms with E-state index in [-0.39, 0.29) is 30.2 Å². The normalized spacial score (nSPS) is 16.0. The molecule has 2 atom stereocenters. The smallest absolute Gasteiger partial charge is 0.274 e. The molecule has 0 saturated carbocycles. The third-order valence-electron chi connectivity index (χ3n) is 8.61. The summed E-state index contributed by atoms with van der Waals surface area (Å²) in [5.41, 5.74) is 5.00. The van der Waals surface area contributed by atoms with E-state index in [0.717, 1.165) is 36.8 Å². The number of fused-ring (bicyclic) bond motifs is 5. The van der Waals surface area contributed by atoms with Gasteiger partial charge in [0.1, 0.15) is 17.6 Å². The average molecular weight is 640 g/mol. The van der Waals surface area contributed by atoms with Crippen molar-refractivity contribution in [3.8, 4) is 11.6 Å². The van der Waals surface area contributed by atoms with Crippen molar-refractivity contribution >= 4 is 28.5 Å². The molecule has 2 aliphatic heterocycles. The first-order valence-electron chi connectivity index (χ1n) is 16.2. The zero-order chi connectivity index (χ0) is 32.0. The molecule has 10 heteroatoms. The number of nitrogens with one attached hydrogen (secondary N) is 1. The molecule has 46 heavy (non-hydrogen) atoms. The highest BCUT2D eigenvalue weighted by Crippen LogP contribution is 2.33. The fourth-order valence-corrected chi connectivity index (χ4v) is 7.03. The number of aromatic nitrogens is 2. The van der Waals surface area contributed by atoms with E-state index in [9.17, 15) is 13.8 Å². The lowest BCUT2D eigenvalue weighted by molar-refractivity contribution is 0.0569. The van der Waals surface area contributed by atoms with Crippen LogP contribution in [-0.4, -0.2) is 61.3 Å². The van der Waals surface area contributed by atoms with Gasteiger partial charge >= 0.3 is 0 Å². The second kappa shape index (κ2) is 14.3. The second-order valence-corrected chi connectivity index (χ2v) is 13.1. The predicted octanol–water partition coefficient (Wildman–Crippen LogP) is 6.15. The van der Waals surface area contributed by atoms with Crippen LogP contribution in [0, 0.1) is 0 Å². The summed E-state index contributed by atoms with van der Waals surface area (Å²) >= 11 is 0. The number of carbonyl (C=O) groups is 2. The molecule has 3 heterocycles. The van der Waals surface area contributed by atoms with Crippen molar-refractivity contribution in [1.82, 2.24) is 19.6 Å². The molecule has 3 aromatic carbocycles. The topological polar surface area (TPSA) is 96.8 Å². The number of unbranched alkanes of at least 4 members (excludes halogenated alkanes) is 2. The summed E-state index contributed by atoms with van der Waals surface area (Å²) in [4.78, 5) is 32.0. The highest BCUT2D eigenvalue weighted by atomic mass is 32.2. The van der Waals surface area contributed by atoms with Gasteiger partial charge in [0.15, 0.2) is 5.69 Å². The Morgan fingerprint density at radius 2 is 1.70 bits per heavy atom. The van der Waals surface area contributed by atoms with Crippen LogP contribution in [0.15, 0.2) is 78.9 Å². The zero-order valence-corrected chi connectivity index (χ0v) is 27.3. The van der Waals surface area contributed by atoms with Gasteiger partial charge in [0.25, 0.3) is 11.8 Å². The molecule has 1 unspecified atom stereocenters. The van der Waals surface area contributed by atoms with E-state index in [1.165, 1.54) is 5.56 Å². The minimum Gasteiger partial charge on any atom is -0.475 e. The van der Waals surface area contributed by atoms with Crippen molar-refractivity contribution in [2.75, 3.05) is 24.4 Å². The standard InChI is InChI=1S/C36H41N5O4S/c1-3-5-18-39(19-6-4-2)36(43)32-22-34-41(37-32)33-17-16-29(38-46(44)25-26-12-8-7-9-13-26)21-31(33)35(42)40-23-28-15-11-10-14-27(28)20-30(40)24-45-34/h7-17,21-22,30,38H,3-6,18-20,23-25H2,1-2H3/t30-,46?/m0/s1.